The number of methoxy groups -OCH3 is 1. The number of para-hydroxylation sites is 1. The zero-order chi connectivity index (χ0) is 11.4. The molecular formula is C13H20N2O. The van der Waals surface area contributed by atoms with Gasteiger partial charge in [-0.15, -0.1) is 0 Å². The monoisotopic (exact) mass is 220 g/mol. The molecule has 0 aliphatic carbocycles. The van der Waals surface area contributed by atoms with Crippen LogP contribution in [-0.2, 0) is 11.3 Å². The summed E-state index contributed by atoms with van der Waals surface area (Å²) in [6.45, 7) is 2.98. The Labute approximate surface area is 97.4 Å². The Morgan fingerprint density at radius 1 is 1.44 bits per heavy atom. The zero-order valence-electron chi connectivity index (χ0n) is 10.1. The SMILES string of the molecule is COCc1ccccc1NC1CCN(C)C1. The molecule has 3 heteroatoms. The molecule has 0 bridgehead atoms. The third kappa shape index (κ3) is 2.74. The van der Waals surface area contributed by atoms with Gasteiger partial charge in [0.2, 0.25) is 0 Å². The van der Waals surface area contributed by atoms with Gasteiger partial charge in [-0.3, -0.25) is 0 Å². The molecule has 0 amide bonds. The van der Waals surface area contributed by atoms with Crippen LogP contribution in [0.4, 0.5) is 5.69 Å². The molecule has 1 unspecified atom stereocenters. The van der Waals surface area contributed by atoms with Crippen molar-refractivity contribution in [2.45, 2.75) is 19.1 Å². The van der Waals surface area contributed by atoms with E-state index in [4.69, 9.17) is 4.74 Å². The molecule has 16 heavy (non-hydrogen) atoms. The number of rotatable bonds is 4. The first kappa shape index (κ1) is 11.4. The van der Waals surface area contributed by atoms with Crippen LogP contribution in [0.2, 0.25) is 0 Å². The molecule has 1 atom stereocenters. The number of ether oxygens (including phenoxy) is 1. The van der Waals surface area contributed by atoms with Gasteiger partial charge in [-0.05, 0) is 26.1 Å². The summed E-state index contributed by atoms with van der Waals surface area (Å²) in [5.41, 5.74) is 2.45. The van der Waals surface area contributed by atoms with Crippen molar-refractivity contribution < 1.29 is 4.74 Å². The van der Waals surface area contributed by atoms with Crippen LogP contribution >= 0.6 is 0 Å². The van der Waals surface area contributed by atoms with E-state index in [9.17, 15) is 0 Å². The molecule has 88 valence electrons. The number of nitrogens with zero attached hydrogens (tertiary/aromatic N) is 1. The van der Waals surface area contributed by atoms with E-state index in [1.54, 1.807) is 7.11 Å². The van der Waals surface area contributed by atoms with Gasteiger partial charge in [0.25, 0.3) is 0 Å². The molecule has 0 radical (unpaired) electrons. The molecule has 1 saturated heterocycles. The Kier molecular flexibility index (Phi) is 3.80. The minimum atomic E-state index is 0.572. The summed E-state index contributed by atoms with van der Waals surface area (Å²) in [6, 6.07) is 8.94. The lowest BCUT2D eigenvalue weighted by Gasteiger charge is -2.17. The van der Waals surface area contributed by atoms with Gasteiger partial charge < -0.3 is 15.0 Å². The van der Waals surface area contributed by atoms with E-state index in [1.165, 1.54) is 24.2 Å². The van der Waals surface area contributed by atoms with Gasteiger partial charge in [-0.2, -0.15) is 0 Å². The average molecular weight is 220 g/mol. The normalized spacial score (nSPS) is 21.2. The Morgan fingerprint density at radius 2 is 2.25 bits per heavy atom. The van der Waals surface area contributed by atoms with E-state index in [1.807, 2.05) is 0 Å². The van der Waals surface area contributed by atoms with Gasteiger partial charge in [0.1, 0.15) is 0 Å². The minimum Gasteiger partial charge on any atom is -0.381 e. The molecule has 1 N–H and O–H groups in total. The first-order valence-corrected chi connectivity index (χ1v) is 5.81. The predicted octanol–water partition coefficient (Wildman–Crippen LogP) is 1.95. The van der Waals surface area contributed by atoms with Crippen LogP contribution in [0, 0.1) is 0 Å². The summed E-state index contributed by atoms with van der Waals surface area (Å²) >= 11 is 0. The van der Waals surface area contributed by atoms with Crippen molar-refractivity contribution in [3.05, 3.63) is 29.8 Å². The molecule has 0 aromatic heterocycles. The number of anilines is 1. The van der Waals surface area contributed by atoms with E-state index in [2.05, 4.69) is 41.5 Å². The van der Waals surface area contributed by atoms with Gasteiger partial charge in [0, 0.05) is 30.9 Å². The highest BCUT2D eigenvalue weighted by Gasteiger charge is 2.19. The molecule has 2 rings (SSSR count). The van der Waals surface area contributed by atoms with E-state index < -0.39 is 0 Å². The van der Waals surface area contributed by atoms with Gasteiger partial charge in [0.15, 0.2) is 0 Å². The Bertz CT molecular complexity index is 340. The lowest BCUT2D eigenvalue weighted by atomic mass is 10.1. The third-order valence-corrected chi connectivity index (χ3v) is 3.07. The Morgan fingerprint density at radius 3 is 2.94 bits per heavy atom. The molecule has 3 nitrogen and oxygen atoms in total. The van der Waals surface area contributed by atoms with E-state index in [0.29, 0.717) is 12.6 Å². The lowest BCUT2D eigenvalue weighted by molar-refractivity contribution is 0.185. The molecule has 0 saturated carbocycles. The predicted molar refractivity (Wildman–Crippen MR) is 66.7 cm³/mol. The maximum atomic E-state index is 5.20. The van der Waals surface area contributed by atoms with Crippen molar-refractivity contribution in [1.29, 1.82) is 0 Å². The van der Waals surface area contributed by atoms with E-state index >= 15 is 0 Å². The fourth-order valence-corrected chi connectivity index (χ4v) is 2.22. The largest absolute Gasteiger partial charge is 0.381 e. The van der Waals surface area contributed by atoms with Crippen molar-refractivity contribution >= 4 is 5.69 Å². The van der Waals surface area contributed by atoms with Crippen molar-refractivity contribution in [2.75, 3.05) is 32.6 Å². The van der Waals surface area contributed by atoms with Crippen molar-refractivity contribution in [3.63, 3.8) is 0 Å². The summed E-state index contributed by atoms with van der Waals surface area (Å²) in [5, 5.41) is 3.60. The van der Waals surface area contributed by atoms with Crippen LogP contribution in [0.3, 0.4) is 0 Å². The van der Waals surface area contributed by atoms with Gasteiger partial charge in [-0.25, -0.2) is 0 Å². The average Bonchev–Trinajstić information content (AvgIpc) is 2.67. The second kappa shape index (κ2) is 5.32. The van der Waals surface area contributed by atoms with Gasteiger partial charge >= 0.3 is 0 Å². The summed E-state index contributed by atoms with van der Waals surface area (Å²) in [5.74, 6) is 0. The second-order valence-electron chi connectivity index (χ2n) is 4.48. The highest BCUT2D eigenvalue weighted by atomic mass is 16.5. The number of benzene rings is 1. The van der Waals surface area contributed by atoms with Crippen LogP contribution in [-0.4, -0.2) is 38.2 Å². The van der Waals surface area contributed by atoms with E-state index in [-0.39, 0.29) is 0 Å². The highest BCUT2D eigenvalue weighted by Crippen LogP contribution is 2.19. The Hall–Kier alpha value is -1.06. The first-order chi connectivity index (χ1) is 7.79. The Balaban J connectivity index is 2.02. The van der Waals surface area contributed by atoms with Crippen molar-refractivity contribution in [3.8, 4) is 0 Å². The number of nitrogens with one attached hydrogen (secondary N) is 1. The van der Waals surface area contributed by atoms with Crippen LogP contribution in [0.5, 0.6) is 0 Å². The molecule has 1 fully saturated rings. The quantitative estimate of drug-likeness (QED) is 0.839. The van der Waals surface area contributed by atoms with Crippen molar-refractivity contribution in [2.24, 2.45) is 0 Å². The molecule has 1 aliphatic heterocycles. The van der Waals surface area contributed by atoms with Crippen LogP contribution < -0.4 is 5.32 Å². The summed E-state index contributed by atoms with van der Waals surface area (Å²) < 4.78 is 5.20. The fourth-order valence-electron chi connectivity index (χ4n) is 2.22. The van der Waals surface area contributed by atoms with Gasteiger partial charge in [-0.1, -0.05) is 18.2 Å². The smallest absolute Gasteiger partial charge is 0.0733 e. The molecule has 1 aliphatic rings. The molecular weight excluding hydrogens is 200 g/mol. The second-order valence-corrected chi connectivity index (χ2v) is 4.48. The van der Waals surface area contributed by atoms with E-state index in [0.717, 1.165) is 6.54 Å². The first-order valence-electron chi connectivity index (χ1n) is 5.81. The topological polar surface area (TPSA) is 24.5 Å². The number of likely N-dealkylation sites (N-methyl/N-ethyl adjacent to an activating group) is 1. The maximum absolute atomic E-state index is 5.20. The van der Waals surface area contributed by atoms with Crippen LogP contribution in [0.15, 0.2) is 24.3 Å². The van der Waals surface area contributed by atoms with Crippen LogP contribution in [0.1, 0.15) is 12.0 Å². The van der Waals surface area contributed by atoms with Crippen molar-refractivity contribution in [1.82, 2.24) is 4.90 Å². The lowest BCUT2D eigenvalue weighted by Crippen LogP contribution is -2.24. The van der Waals surface area contributed by atoms with Crippen LogP contribution in [0.25, 0.3) is 0 Å². The number of likely N-dealkylation sites (tertiary alicyclic amines) is 1. The minimum absolute atomic E-state index is 0.572. The summed E-state index contributed by atoms with van der Waals surface area (Å²) in [7, 11) is 3.91. The molecule has 1 aromatic rings. The summed E-state index contributed by atoms with van der Waals surface area (Å²) in [6.07, 6.45) is 1.22. The zero-order valence-corrected chi connectivity index (χ0v) is 10.1. The number of hydrogen-bond acceptors (Lipinski definition) is 3. The molecule has 0 spiro atoms. The highest BCUT2D eigenvalue weighted by molar-refractivity contribution is 5.51. The summed E-state index contributed by atoms with van der Waals surface area (Å²) in [4.78, 5) is 2.36. The third-order valence-electron chi connectivity index (χ3n) is 3.07. The maximum Gasteiger partial charge on any atom is 0.0733 e. The standard InChI is InChI=1S/C13H20N2O/c1-15-8-7-12(9-15)14-13-6-4-3-5-11(13)10-16-2/h3-6,12,14H,7-10H2,1-2H3. The molecule has 1 aromatic carbocycles. The fraction of sp³-hybridized carbons (Fsp3) is 0.538. The molecule has 1 heterocycles. The van der Waals surface area contributed by atoms with Gasteiger partial charge in [0.05, 0.1) is 6.61 Å². The number of hydrogen-bond donors (Lipinski definition) is 1.